The molecular weight excluding hydrogens is 402 g/mol. The van der Waals surface area contributed by atoms with Gasteiger partial charge in [-0.15, -0.1) is 0 Å². The maximum atomic E-state index is 12.8. The fraction of sp³-hybridized carbons (Fsp3) is 0.227. The number of rotatable bonds is 6. The van der Waals surface area contributed by atoms with E-state index in [1.165, 1.54) is 11.8 Å². The molecule has 0 saturated heterocycles. The number of esters is 1. The molecule has 9 nitrogen and oxygen atoms in total. The summed E-state index contributed by atoms with van der Waals surface area (Å²) in [5, 5.41) is 7.08. The van der Waals surface area contributed by atoms with Crippen LogP contribution < -0.4 is 19.5 Å². The molecule has 0 fully saturated rings. The van der Waals surface area contributed by atoms with E-state index < -0.39 is 5.97 Å². The van der Waals surface area contributed by atoms with Crippen LogP contribution in [0.15, 0.2) is 48.7 Å². The van der Waals surface area contributed by atoms with Gasteiger partial charge in [0.2, 0.25) is 5.75 Å². The third kappa shape index (κ3) is 4.30. The minimum absolute atomic E-state index is 0.208. The summed E-state index contributed by atoms with van der Waals surface area (Å²) in [4.78, 5) is 24.7. The van der Waals surface area contributed by atoms with Crippen LogP contribution in [0.2, 0.25) is 0 Å². The van der Waals surface area contributed by atoms with Crippen LogP contribution in [0.4, 0.5) is 5.69 Å². The Morgan fingerprint density at radius 3 is 2.81 bits per heavy atom. The molecule has 1 aromatic heterocycles. The Labute approximate surface area is 178 Å². The van der Waals surface area contributed by atoms with Crippen molar-refractivity contribution in [3.8, 4) is 22.9 Å². The molecule has 1 amide bonds. The van der Waals surface area contributed by atoms with Gasteiger partial charge in [0, 0.05) is 17.4 Å². The van der Waals surface area contributed by atoms with Gasteiger partial charge in [0.05, 0.1) is 19.4 Å². The minimum Gasteiger partial charge on any atom is -0.493 e. The van der Waals surface area contributed by atoms with Gasteiger partial charge in [0.15, 0.2) is 17.2 Å². The van der Waals surface area contributed by atoms with Crippen molar-refractivity contribution < 1.29 is 28.5 Å². The zero-order valence-corrected chi connectivity index (χ0v) is 17.1. The highest BCUT2D eigenvalue weighted by atomic mass is 16.6. The third-order valence-corrected chi connectivity index (χ3v) is 4.53. The SMILES string of the molecule is CCOC(=O)c1ccn(-c2cccc(NC(=O)c3cc(OC)c4c(c3)OCCO4)c2)n1. The highest BCUT2D eigenvalue weighted by Gasteiger charge is 2.21. The fourth-order valence-electron chi connectivity index (χ4n) is 3.12. The number of benzene rings is 2. The van der Waals surface area contributed by atoms with E-state index in [0.717, 1.165) is 0 Å². The smallest absolute Gasteiger partial charge is 0.358 e. The van der Waals surface area contributed by atoms with Gasteiger partial charge in [-0.3, -0.25) is 4.79 Å². The maximum absolute atomic E-state index is 12.8. The van der Waals surface area contributed by atoms with Gasteiger partial charge in [0.25, 0.3) is 5.91 Å². The Kier molecular flexibility index (Phi) is 5.74. The first-order valence-corrected chi connectivity index (χ1v) is 9.71. The van der Waals surface area contributed by atoms with Gasteiger partial charge in [-0.1, -0.05) is 6.07 Å². The Bertz CT molecular complexity index is 1110. The van der Waals surface area contributed by atoms with E-state index in [1.807, 2.05) is 6.07 Å². The molecule has 1 aliphatic rings. The van der Waals surface area contributed by atoms with Crippen LogP contribution in [0.3, 0.4) is 0 Å². The molecule has 9 heteroatoms. The summed E-state index contributed by atoms with van der Waals surface area (Å²) in [7, 11) is 1.51. The normalized spacial score (nSPS) is 12.2. The highest BCUT2D eigenvalue weighted by molar-refractivity contribution is 6.05. The second-order valence-electron chi connectivity index (χ2n) is 6.57. The molecule has 0 atom stereocenters. The van der Waals surface area contributed by atoms with Gasteiger partial charge in [0.1, 0.15) is 13.2 Å². The summed E-state index contributed by atoms with van der Waals surface area (Å²) in [5.41, 5.74) is 1.81. The Hall–Kier alpha value is -4.01. The summed E-state index contributed by atoms with van der Waals surface area (Å²) in [5.74, 6) is 0.563. The van der Waals surface area contributed by atoms with Crippen LogP contribution in [0.5, 0.6) is 17.2 Å². The van der Waals surface area contributed by atoms with E-state index in [9.17, 15) is 9.59 Å². The van der Waals surface area contributed by atoms with Crippen LogP contribution in [0.1, 0.15) is 27.8 Å². The monoisotopic (exact) mass is 423 g/mol. The molecular formula is C22H21N3O6. The quantitative estimate of drug-likeness (QED) is 0.608. The number of hydrogen-bond donors (Lipinski definition) is 1. The zero-order chi connectivity index (χ0) is 21.8. The van der Waals surface area contributed by atoms with E-state index in [2.05, 4.69) is 10.4 Å². The van der Waals surface area contributed by atoms with Crippen LogP contribution in [0.25, 0.3) is 5.69 Å². The van der Waals surface area contributed by atoms with E-state index in [1.54, 1.807) is 49.5 Å². The number of carbonyl (C=O) groups is 2. The molecule has 2 heterocycles. The first-order chi connectivity index (χ1) is 15.1. The fourth-order valence-corrected chi connectivity index (χ4v) is 3.12. The van der Waals surface area contributed by atoms with Crippen molar-refractivity contribution in [2.45, 2.75) is 6.92 Å². The molecule has 0 aliphatic carbocycles. The van der Waals surface area contributed by atoms with E-state index in [0.29, 0.717) is 47.4 Å². The Morgan fingerprint density at radius 2 is 2.00 bits per heavy atom. The lowest BCUT2D eigenvalue weighted by Crippen LogP contribution is -2.18. The Balaban J connectivity index is 1.54. The summed E-state index contributed by atoms with van der Waals surface area (Å²) >= 11 is 0. The number of amides is 1. The number of hydrogen-bond acceptors (Lipinski definition) is 7. The van der Waals surface area contributed by atoms with Crippen LogP contribution >= 0.6 is 0 Å². The van der Waals surface area contributed by atoms with Crippen molar-refractivity contribution in [3.63, 3.8) is 0 Å². The number of nitrogens with one attached hydrogen (secondary N) is 1. The lowest BCUT2D eigenvalue weighted by atomic mass is 10.1. The molecule has 31 heavy (non-hydrogen) atoms. The van der Waals surface area contributed by atoms with Crippen molar-refractivity contribution in [3.05, 3.63) is 59.9 Å². The van der Waals surface area contributed by atoms with Crippen LogP contribution in [-0.2, 0) is 4.74 Å². The van der Waals surface area contributed by atoms with E-state index in [-0.39, 0.29) is 18.2 Å². The summed E-state index contributed by atoms with van der Waals surface area (Å²) in [6, 6.07) is 11.9. The molecule has 2 aromatic carbocycles. The largest absolute Gasteiger partial charge is 0.493 e. The molecule has 0 radical (unpaired) electrons. The number of anilines is 1. The minimum atomic E-state index is -0.488. The van der Waals surface area contributed by atoms with Crippen molar-refractivity contribution in [1.29, 1.82) is 0 Å². The average Bonchev–Trinajstić information content (AvgIpc) is 3.29. The number of aromatic nitrogens is 2. The molecule has 4 rings (SSSR count). The molecule has 160 valence electrons. The molecule has 1 N–H and O–H groups in total. The molecule has 0 unspecified atom stereocenters. The molecule has 3 aromatic rings. The molecule has 0 saturated carbocycles. The highest BCUT2D eigenvalue weighted by Crippen LogP contribution is 2.40. The maximum Gasteiger partial charge on any atom is 0.358 e. The molecule has 0 bridgehead atoms. The lowest BCUT2D eigenvalue weighted by molar-refractivity contribution is 0.0519. The van der Waals surface area contributed by atoms with Gasteiger partial charge in [-0.05, 0) is 43.3 Å². The number of carbonyl (C=O) groups excluding carboxylic acids is 2. The summed E-state index contributed by atoms with van der Waals surface area (Å²) in [6.07, 6.45) is 1.65. The first kappa shape index (κ1) is 20.3. The summed E-state index contributed by atoms with van der Waals surface area (Å²) < 4.78 is 23.0. The first-order valence-electron chi connectivity index (χ1n) is 9.71. The van der Waals surface area contributed by atoms with Gasteiger partial charge in [-0.25, -0.2) is 9.48 Å². The predicted molar refractivity (Wildman–Crippen MR) is 111 cm³/mol. The van der Waals surface area contributed by atoms with E-state index in [4.69, 9.17) is 18.9 Å². The molecule has 0 spiro atoms. The lowest BCUT2D eigenvalue weighted by Gasteiger charge is -2.21. The van der Waals surface area contributed by atoms with Crippen molar-refractivity contribution >= 4 is 17.6 Å². The van der Waals surface area contributed by atoms with Crippen LogP contribution in [0, 0.1) is 0 Å². The standard InChI is InChI=1S/C22H21N3O6/c1-3-29-22(27)17-7-8-25(24-17)16-6-4-5-15(13-16)23-21(26)14-11-18(28-2)20-19(12-14)30-9-10-31-20/h4-8,11-13H,3,9-10H2,1-2H3,(H,23,26). The topological polar surface area (TPSA) is 101 Å². The predicted octanol–water partition coefficient (Wildman–Crippen LogP) is 3.08. The second-order valence-corrected chi connectivity index (χ2v) is 6.57. The average molecular weight is 423 g/mol. The third-order valence-electron chi connectivity index (χ3n) is 4.53. The zero-order valence-electron chi connectivity index (χ0n) is 17.1. The van der Waals surface area contributed by atoms with Gasteiger partial charge < -0.3 is 24.3 Å². The van der Waals surface area contributed by atoms with Gasteiger partial charge >= 0.3 is 5.97 Å². The van der Waals surface area contributed by atoms with Crippen molar-refractivity contribution in [1.82, 2.24) is 9.78 Å². The summed E-state index contributed by atoms with van der Waals surface area (Å²) in [6.45, 7) is 2.84. The number of methoxy groups -OCH3 is 1. The number of fused-ring (bicyclic) bond motifs is 1. The Morgan fingerprint density at radius 1 is 1.16 bits per heavy atom. The number of ether oxygens (including phenoxy) is 4. The second kappa shape index (κ2) is 8.78. The van der Waals surface area contributed by atoms with Crippen molar-refractivity contribution in [2.24, 2.45) is 0 Å². The van der Waals surface area contributed by atoms with Crippen molar-refractivity contribution in [2.75, 3.05) is 32.2 Å². The van der Waals surface area contributed by atoms with E-state index >= 15 is 0 Å². The number of nitrogens with zero attached hydrogens (tertiary/aromatic N) is 2. The van der Waals surface area contributed by atoms with Gasteiger partial charge in [-0.2, -0.15) is 5.10 Å². The molecule has 1 aliphatic heterocycles. The van der Waals surface area contributed by atoms with Crippen LogP contribution in [-0.4, -0.2) is 48.6 Å².